The number of pyridine rings is 2. The summed E-state index contributed by atoms with van der Waals surface area (Å²) in [5.41, 5.74) is 11.3. The van der Waals surface area contributed by atoms with Crippen molar-refractivity contribution in [3.05, 3.63) is 65.7 Å². The molecule has 0 amide bonds. The molecule has 1 aliphatic carbocycles. The summed E-state index contributed by atoms with van der Waals surface area (Å²) in [5.74, 6) is 0.281. The smallest absolute Gasteiger partial charge is 0.0709 e. The number of nitrogens with zero attached hydrogens (tertiary/aromatic N) is 3. The quantitative estimate of drug-likeness (QED) is 0.784. The molecule has 0 aliphatic heterocycles. The second-order valence-corrected chi connectivity index (χ2v) is 5.70. The molecule has 4 nitrogen and oxygen atoms in total. The standard InChI is InChI=1S/C17H18N4/c18-16(14-11-20-21-10-2-1-8-15(14)21)13-7-3-5-12-6-4-9-19-17(12)13/h1-2,4,6,8-11,13,16H,3,5,7,18H2. The van der Waals surface area contributed by atoms with Crippen molar-refractivity contribution in [3.63, 3.8) is 0 Å². The molecular formula is C17H18N4. The molecule has 0 spiro atoms. The van der Waals surface area contributed by atoms with Crippen LogP contribution in [0.1, 0.15) is 41.6 Å². The highest BCUT2D eigenvalue weighted by Crippen LogP contribution is 2.38. The van der Waals surface area contributed by atoms with Gasteiger partial charge in [-0.3, -0.25) is 4.98 Å². The molecule has 4 heteroatoms. The fourth-order valence-corrected chi connectivity index (χ4v) is 3.42. The third-order valence-corrected chi connectivity index (χ3v) is 4.49. The second-order valence-electron chi connectivity index (χ2n) is 5.70. The molecule has 0 fully saturated rings. The molecule has 2 N–H and O–H groups in total. The maximum Gasteiger partial charge on any atom is 0.0709 e. The molecule has 2 unspecified atom stereocenters. The summed E-state index contributed by atoms with van der Waals surface area (Å²) < 4.78 is 1.89. The molecule has 0 saturated heterocycles. The lowest BCUT2D eigenvalue weighted by Crippen LogP contribution is -2.24. The highest BCUT2D eigenvalue weighted by molar-refractivity contribution is 5.55. The van der Waals surface area contributed by atoms with E-state index in [9.17, 15) is 0 Å². The number of hydrogen-bond donors (Lipinski definition) is 1. The molecule has 2 atom stereocenters. The average molecular weight is 278 g/mol. The van der Waals surface area contributed by atoms with E-state index in [1.807, 2.05) is 41.3 Å². The molecule has 0 saturated carbocycles. The van der Waals surface area contributed by atoms with Crippen molar-refractivity contribution in [2.45, 2.75) is 31.2 Å². The molecule has 106 valence electrons. The first-order valence-corrected chi connectivity index (χ1v) is 7.46. The Labute approximate surface area is 123 Å². The second kappa shape index (κ2) is 4.97. The first-order chi connectivity index (χ1) is 10.3. The van der Waals surface area contributed by atoms with Crippen LogP contribution in [0.2, 0.25) is 0 Å². The number of fused-ring (bicyclic) bond motifs is 2. The first kappa shape index (κ1) is 12.5. The van der Waals surface area contributed by atoms with E-state index in [4.69, 9.17) is 5.73 Å². The summed E-state index contributed by atoms with van der Waals surface area (Å²) in [6, 6.07) is 10.2. The van der Waals surface area contributed by atoms with Crippen LogP contribution in [-0.2, 0) is 6.42 Å². The van der Waals surface area contributed by atoms with E-state index >= 15 is 0 Å². The highest BCUT2D eigenvalue weighted by Gasteiger charge is 2.29. The third-order valence-electron chi connectivity index (χ3n) is 4.49. The molecule has 3 aromatic heterocycles. The normalized spacial score (nSPS) is 19.4. The summed E-state index contributed by atoms with van der Waals surface area (Å²) in [4.78, 5) is 4.60. The lowest BCUT2D eigenvalue weighted by Gasteiger charge is -2.28. The summed E-state index contributed by atoms with van der Waals surface area (Å²) in [7, 11) is 0. The van der Waals surface area contributed by atoms with Crippen molar-refractivity contribution in [2.75, 3.05) is 0 Å². The van der Waals surface area contributed by atoms with Gasteiger partial charge in [-0.2, -0.15) is 5.10 Å². The monoisotopic (exact) mass is 278 g/mol. The van der Waals surface area contributed by atoms with E-state index in [-0.39, 0.29) is 12.0 Å². The number of rotatable bonds is 2. The maximum atomic E-state index is 6.60. The number of nitrogens with two attached hydrogens (primary N) is 1. The minimum absolute atomic E-state index is 0.0566. The van der Waals surface area contributed by atoms with E-state index < -0.39 is 0 Å². The van der Waals surface area contributed by atoms with Crippen LogP contribution in [0.15, 0.2) is 48.9 Å². The SMILES string of the molecule is NC(c1cnn2ccccc12)C1CCCc2cccnc21. The van der Waals surface area contributed by atoms with Crippen LogP contribution in [0.25, 0.3) is 5.52 Å². The molecule has 1 aliphatic rings. The van der Waals surface area contributed by atoms with E-state index in [1.54, 1.807) is 0 Å². The van der Waals surface area contributed by atoms with Gasteiger partial charge in [0, 0.05) is 35.6 Å². The van der Waals surface area contributed by atoms with Crippen molar-refractivity contribution in [2.24, 2.45) is 5.73 Å². The van der Waals surface area contributed by atoms with Gasteiger partial charge < -0.3 is 5.73 Å². The van der Waals surface area contributed by atoms with Crippen LogP contribution in [-0.4, -0.2) is 14.6 Å². The Morgan fingerprint density at radius 1 is 1.24 bits per heavy atom. The van der Waals surface area contributed by atoms with Crippen LogP contribution in [0.5, 0.6) is 0 Å². The molecule has 3 heterocycles. The Morgan fingerprint density at radius 2 is 2.19 bits per heavy atom. The van der Waals surface area contributed by atoms with Crippen molar-refractivity contribution < 1.29 is 0 Å². The van der Waals surface area contributed by atoms with Gasteiger partial charge in [0.2, 0.25) is 0 Å². The topological polar surface area (TPSA) is 56.2 Å². The summed E-state index contributed by atoms with van der Waals surface area (Å²) in [5, 5.41) is 4.41. The zero-order valence-corrected chi connectivity index (χ0v) is 11.8. The van der Waals surface area contributed by atoms with Gasteiger partial charge in [-0.15, -0.1) is 0 Å². The largest absolute Gasteiger partial charge is 0.323 e. The van der Waals surface area contributed by atoms with Gasteiger partial charge in [0.05, 0.1) is 11.7 Å². The van der Waals surface area contributed by atoms with Crippen LogP contribution >= 0.6 is 0 Å². The first-order valence-electron chi connectivity index (χ1n) is 7.46. The Hall–Kier alpha value is -2.20. The van der Waals surface area contributed by atoms with Gasteiger partial charge in [-0.1, -0.05) is 12.1 Å². The molecule has 0 bridgehead atoms. The van der Waals surface area contributed by atoms with Crippen LogP contribution in [0.4, 0.5) is 0 Å². The molecular weight excluding hydrogens is 260 g/mol. The molecule has 4 rings (SSSR count). The van der Waals surface area contributed by atoms with Gasteiger partial charge >= 0.3 is 0 Å². The van der Waals surface area contributed by atoms with Crippen molar-refractivity contribution >= 4 is 5.52 Å². The van der Waals surface area contributed by atoms with E-state index in [1.165, 1.54) is 17.7 Å². The lowest BCUT2D eigenvalue weighted by molar-refractivity contribution is 0.464. The predicted octanol–water partition coefficient (Wildman–Crippen LogP) is 2.85. The van der Waals surface area contributed by atoms with Gasteiger partial charge in [0.25, 0.3) is 0 Å². The van der Waals surface area contributed by atoms with Crippen LogP contribution < -0.4 is 5.73 Å². The lowest BCUT2D eigenvalue weighted by atomic mass is 9.80. The Kier molecular flexibility index (Phi) is 2.97. The van der Waals surface area contributed by atoms with Gasteiger partial charge in [0.1, 0.15) is 0 Å². The highest BCUT2D eigenvalue weighted by atomic mass is 15.2. The molecule has 3 aromatic rings. The van der Waals surface area contributed by atoms with Crippen LogP contribution in [0.3, 0.4) is 0 Å². The fraction of sp³-hybridized carbons (Fsp3) is 0.294. The van der Waals surface area contributed by atoms with E-state index in [2.05, 4.69) is 22.2 Å². The van der Waals surface area contributed by atoms with Crippen molar-refractivity contribution in [1.82, 2.24) is 14.6 Å². The van der Waals surface area contributed by atoms with Crippen molar-refractivity contribution in [1.29, 1.82) is 0 Å². The molecule has 0 radical (unpaired) electrons. The molecule has 0 aromatic carbocycles. The Bertz CT molecular complexity index is 777. The minimum Gasteiger partial charge on any atom is -0.323 e. The number of hydrogen-bond acceptors (Lipinski definition) is 3. The number of aromatic nitrogens is 3. The van der Waals surface area contributed by atoms with E-state index in [0.29, 0.717) is 0 Å². The zero-order chi connectivity index (χ0) is 14.2. The Morgan fingerprint density at radius 3 is 3.14 bits per heavy atom. The number of aryl methyl sites for hydroxylation is 1. The predicted molar refractivity (Wildman–Crippen MR) is 82.0 cm³/mol. The fourth-order valence-electron chi connectivity index (χ4n) is 3.42. The maximum absolute atomic E-state index is 6.60. The summed E-state index contributed by atoms with van der Waals surface area (Å²) in [6.07, 6.45) is 9.11. The van der Waals surface area contributed by atoms with Gasteiger partial charge in [0.15, 0.2) is 0 Å². The van der Waals surface area contributed by atoms with E-state index in [0.717, 1.165) is 23.9 Å². The Balaban J connectivity index is 1.77. The zero-order valence-electron chi connectivity index (χ0n) is 11.8. The summed E-state index contributed by atoms with van der Waals surface area (Å²) >= 11 is 0. The van der Waals surface area contributed by atoms with Gasteiger partial charge in [-0.05, 0) is 43.0 Å². The van der Waals surface area contributed by atoms with Crippen molar-refractivity contribution in [3.8, 4) is 0 Å². The van der Waals surface area contributed by atoms with Crippen LogP contribution in [0, 0.1) is 0 Å². The summed E-state index contributed by atoms with van der Waals surface area (Å²) in [6.45, 7) is 0. The minimum atomic E-state index is -0.0566. The molecule has 21 heavy (non-hydrogen) atoms. The third kappa shape index (κ3) is 2.03. The average Bonchev–Trinajstić information content (AvgIpc) is 2.98. The van der Waals surface area contributed by atoms with Gasteiger partial charge in [-0.25, -0.2) is 4.52 Å².